The molecule has 0 aliphatic carbocycles. The number of nitrogens with one attached hydrogen (secondary N) is 2. The number of anilines is 2. The van der Waals surface area contributed by atoms with Crippen LogP contribution in [0.25, 0.3) is 0 Å². The third-order valence-corrected chi connectivity index (χ3v) is 7.23. The fourth-order valence-corrected chi connectivity index (χ4v) is 5.39. The first-order valence-corrected chi connectivity index (χ1v) is 12.3. The van der Waals surface area contributed by atoms with Gasteiger partial charge < -0.3 is 15.5 Å². The Morgan fingerprint density at radius 1 is 1.16 bits per heavy atom. The highest BCUT2D eigenvalue weighted by Gasteiger charge is 2.29. The number of hydrogen-bond donors (Lipinski definition) is 2. The zero-order valence-electron chi connectivity index (χ0n) is 17.4. The summed E-state index contributed by atoms with van der Waals surface area (Å²) in [6.07, 6.45) is 1.82. The van der Waals surface area contributed by atoms with Gasteiger partial charge in [0, 0.05) is 25.7 Å². The maximum Gasteiger partial charge on any atom is 0.158 e. The molecule has 2 N–H and O–H groups in total. The summed E-state index contributed by atoms with van der Waals surface area (Å²) >= 11 is 1.76. The number of amidine groups is 1. The Hall–Kier alpha value is -2.49. The van der Waals surface area contributed by atoms with E-state index in [0.29, 0.717) is 0 Å². The molecule has 1 atom stereocenters. The van der Waals surface area contributed by atoms with Crippen LogP contribution in [-0.2, 0) is 12.2 Å². The monoisotopic (exact) mass is 471 g/mol. The molecule has 2 aliphatic heterocycles. The van der Waals surface area contributed by atoms with Crippen molar-refractivity contribution in [2.24, 2.45) is 4.99 Å². The lowest BCUT2D eigenvalue weighted by Crippen LogP contribution is -2.53. The molecule has 9 heteroatoms. The van der Waals surface area contributed by atoms with Crippen molar-refractivity contribution in [3.63, 3.8) is 0 Å². The van der Waals surface area contributed by atoms with Gasteiger partial charge in [-0.1, -0.05) is 35.6 Å². The highest BCUT2D eigenvalue weighted by molar-refractivity contribution is 7.93. The molecule has 0 radical (unpaired) electrons. The van der Waals surface area contributed by atoms with E-state index in [1.54, 1.807) is 0 Å². The van der Waals surface area contributed by atoms with Crippen LogP contribution in [0.3, 0.4) is 0 Å². The first-order valence-electron chi connectivity index (χ1n) is 10.6. The van der Waals surface area contributed by atoms with Gasteiger partial charge in [0.25, 0.3) is 0 Å². The minimum Gasteiger partial charge on any atom is -0.352 e. The van der Waals surface area contributed by atoms with Crippen LogP contribution in [0.1, 0.15) is 22.7 Å². The van der Waals surface area contributed by atoms with E-state index >= 15 is 0 Å². The highest BCUT2D eigenvalue weighted by atomic mass is 32.2. The number of benzene rings is 2. The van der Waals surface area contributed by atoms with Crippen LogP contribution in [-0.4, -0.2) is 41.4 Å². The Bertz CT molecular complexity index is 1120. The quantitative estimate of drug-likeness (QED) is 0.519. The molecule has 5 rings (SSSR count). The van der Waals surface area contributed by atoms with Crippen molar-refractivity contribution in [2.75, 3.05) is 25.0 Å². The number of piperazine rings is 1. The molecule has 0 saturated carbocycles. The van der Waals surface area contributed by atoms with Gasteiger partial charge in [-0.05, 0) is 42.7 Å². The number of fused-ring (bicyclic) bond motifs is 2. The number of aryl methyl sites for hydroxylation is 1. The van der Waals surface area contributed by atoms with E-state index in [4.69, 9.17) is 9.98 Å². The molecule has 5 nitrogen and oxygen atoms in total. The zero-order chi connectivity index (χ0) is 21.9. The summed E-state index contributed by atoms with van der Waals surface area (Å²) in [5.74, 6) is 0.855. The summed E-state index contributed by atoms with van der Waals surface area (Å²) in [6.45, 7) is 2.46. The zero-order valence-corrected chi connectivity index (χ0v) is 19.0. The first-order chi connectivity index (χ1) is 15.7. The van der Waals surface area contributed by atoms with Crippen molar-refractivity contribution in [2.45, 2.75) is 24.6 Å². The lowest BCUT2D eigenvalue weighted by molar-refractivity contribution is 0.282. The number of para-hydroxylation sites is 2. The van der Waals surface area contributed by atoms with E-state index in [1.807, 2.05) is 36.4 Å². The Balaban J connectivity index is 1.39. The predicted octanol–water partition coefficient (Wildman–Crippen LogP) is 5.44. The van der Waals surface area contributed by atoms with E-state index in [0.717, 1.165) is 71.0 Å². The van der Waals surface area contributed by atoms with Crippen LogP contribution < -0.4 is 10.6 Å². The maximum atomic E-state index is 13.2. The maximum absolute atomic E-state index is 13.2. The van der Waals surface area contributed by atoms with Crippen molar-refractivity contribution in [3.05, 3.63) is 70.6 Å². The molecule has 0 unspecified atom stereocenters. The molecule has 2 aliphatic rings. The van der Waals surface area contributed by atoms with Gasteiger partial charge in [0.1, 0.15) is 21.5 Å². The number of thiazole rings is 1. The van der Waals surface area contributed by atoms with Gasteiger partial charge in [0.05, 0.1) is 29.3 Å². The average Bonchev–Trinajstić information content (AvgIpc) is 3.13. The third kappa shape index (κ3) is 4.65. The summed E-state index contributed by atoms with van der Waals surface area (Å²) in [5, 5.41) is 8.69. The molecule has 0 bridgehead atoms. The van der Waals surface area contributed by atoms with Crippen LogP contribution in [0.5, 0.6) is 0 Å². The third-order valence-electron chi connectivity index (χ3n) is 5.69. The summed E-state index contributed by atoms with van der Waals surface area (Å²) in [6, 6.07) is 14.9. The largest absolute Gasteiger partial charge is 0.352 e. The first kappa shape index (κ1) is 21.4. The number of nitrogens with zero attached hydrogens (tertiary/aromatic N) is 3. The van der Waals surface area contributed by atoms with Gasteiger partial charge in [-0.25, -0.2) is 14.4 Å². The molecule has 0 spiro atoms. The van der Waals surface area contributed by atoms with E-state index in [-0.39, 0.29) is 29.8 Å². The van der Waals surface area contributed by atoms with Crippen molar-refractivity contribution in [3.8, 4) is 0 Å². The van der Waals surface area contributed by atoms with Crippen LogP contribution in [0, 0.1) is 5.82 Å². The topological polar surface area (TPSA) is 52.6 Å². The van der Waals surface area contributed by atoms with Crippen LogP contribution >= 0.6 is 23.5 Å². The van der Waals surface area contributed by atoms with E-state index in [1.165, 1.54) is 23.5 Å². The Morgan fingerprint density at radius 2 is 2.00 bits per heavy atom. The normalized spacial score (nSPS) is 17.8. The van der Waals surface area contributed by atoms with Crippen molar-refractivity contribution >= 4 is 45.7 Å². The second kappa shape index (κ2) is 9.56. The summed E-state index contributed by atoms with van der Waals surface area (Å²) < 4.78 is 26.1. The number of aliphatic imine (C=N–C) groups is 1. The molecule has 32 heavy (non-hydrogen) atoms. The second-order valence-electron chi connectivity index (χ2n) is 7.88. The molecule has 1 aromatic heterocycles. The summed E-state index contributed by atoms with van der Waals surface area (Å²) in [5.41, 5.74) is 3.71. The van der Waals surface area contributed by atoms with Crippen LogP contribution in [0.15, 0.2) is 53.5 Å². The van der Waals surface area contributed by atoms with Gasteiger partial charge in [-0.2, -0.15) is 3.89 Å². The standard InChI is InChI=1S/C23H23F2N5S2/c24-16-8-5-15(6-9-16)7-10-17-13-30(12-11-26-17)22-21-23(32-20(29-21)14-31-25)28-19-4-2-1-3-18(19)27-22/h1-6,8-9,17,26,28H,7,10-14H2/t17-/m0/s1. The number of rotatable bonds is 5. The number of hydrogen-bond acceptors (Lipinski definition) is 7. The molecule has 1 fully saturated rings. The minimum atomic E-state index is -0.208. The molecule has 2 aromatic carbocycles. The van der Waals surface area contributed by atoms with Gasteiger partial charge >= 0.3 is 0 Å². The Morgan fingerprint density at radius 3 is 2.84 bits per heavy atom. The van der Waals surface area contributed by atoms with Crippen molar-refractivity contribution in [1.29, 1.82) is 0 Å². The van der Waals surface area contributed by atoms with E-state index in [2.05, 4.69) is 15.5 Å². The molecule has 166 valence electrons. The van der Waals surface area contributed by atoms with Gasteiger partial charge in [0.2, 0.25) is 0 Å². The molecular formula is C23H23F2N5S2. The molecule has 3 heterocycles. The van der Waals surface area contributed by atoms with Crippen molar-refractivity contribution < 1.29 is 8.28 Å². The lowest BCUT2D eigenvalue weighted by Gasteiger charge is -2.35. The summed E-state index contributed by atoms with van der Waals surface area (Å²) in [7, 11) is 0. The number of aromatic nitrogens is 1. The Labute approximate surface area is 194 Å². The van der Waals surface area contributed by atoms with Crippen molar-refractivity contribution in [1.82, 2.24) is 15.2 Å². The SMILES string of the molecule is FSCc1nc2c(s1)Nc1ccccc1N=C2N1CCN[C@@H](CCc2ccc(F)cc2)C1. The average molecular weight is 472 g/mol. The van der Waals surface area contributed by atoms with E-state index < -0.39 is 0 Å². The second-order valence-corrected chi connectivity index (χ2v) is 9.47. The molecular weight excluding hydrogens is 448 g/mol. The fraction of sp³-hybridized carbons (Fsp3) is 0.304. The predicted molar refractivity (Wildman–Crippen MR) is 129 cm³/mol. The Kier molecular flexibility index (Phi) is 6.38. The highest BCUT2D eigenvalue weighted by Crippen LogP contribution is 2.38. The lowest BCUT2D eigenvalue weighted by atomic mass is 10.0. The van der Waals surface area contributed by atoms with Gasteiger partial charge in [-0.3, -0.25) is 0 Å². The summed E-state index contributed by atoms with van der Waals surface area (Å²) in [4.78, 5) is 12.0. The van der Waals surface area contributed by atoms with Crippen LogP contribution in [0.2, 0.25) is 0 Å². The molecule has 3 aromatic rings. The molecule has 0 amide bonds. The van der Waals surface area contributed by atoms with Gasteiger partial charge in [-0.15, -0.1) is 0 Å². The van der Waals surface area contributed by atoms with E-state index in [9.17, 15) is 8.28 Å². The fourth-order valence-electron chi connectivity index (χ4n) is 4.10. The number of halogens is 2. The minimum absolute atomic E-state index is 0.208. The molecule has 1 saturated heterocycles. The van der Waals surface area contributed by atoms with Crippen LogP contribution in [0.4, 0.5) is 24.7 Å². The smallest absolute Gasteiger partial charge is 0.158 e. The van der Waals surface area contributed by atoms with Gasteiger partial charge in [0.15, 0.2) is 5.84 Å².